The molecule has 5 aliphatic rings. The van der Waals surface area contributed by atoms with Gasteiger partial charge < -0.3 is 37.9 Å². The van der Waals surface area contributed by atoms with Crippen LogP contribution in [0, 0.1) is 0 Å². The van der Waals surface area contributed by atoms with Gasteiger partial charge in [-0.25, -0.2) is 0 Å². The van der Waals surface area contributed by atoms with E-state index in [0.717, 1.165) is 235 Å². The van der Waals surface area contributed by atoms with E-state index in [1.807, 2.05) is 24.8 Å². The molecular weight excluding hydrogens is 1240 g/mol. The Hall–Kier alpha value is -10.2. The van der Waals surface area contributed by atoms with E-state index in [0.29, 0.717) is 46.0 Å². The summed E-state index contributed by atoms with van der Waals surface area (Å²) in [5.41, 5.74) is 14.6. The molecule has 4 aromatic heterocycles. The van der Waals surface area contributed by atoms with E-state index in [-0.39, 0.29) is 50.8 Å². The lowest BCUT2D eigenvalue weighted by Crippen LogP contribution is -2.24. The molecule has 12 aromatic rings. The number of rotatable bonds is 20. The molecule has 8 bridgehead atoms. The average molecular weight is 1330 g/mol. The van der Waals surface area contributed by atoms with Gasteiger partial charge in [0.2, 0.25) is 27.2 Å². The maximum absolute atomic E-state index is 7.53. The molecule has 12 heteroatoms. The Morgan fingerprint density at radius 2 is 0.460 bits per heavy atom. The van der Waals surface area contributed by atoms with Crippen LogP contribution >= 0.6 is 0 Å². The number of hydrogen-bond donors (Lipinski definition) is 0. The Kier molecular flexibility index (Phi) is 17.4. The van der Waals surface area contributed by atoms with Gasteiger partial charge in [-0.1, -0.05) is 202 Å². The highest BCUT2D eigenvalue weighted by Gasteiger charge is 2.44. The minimum absolute atomic E-state index is 0.145. The fourth-order valence-corrected chi connectivity index (χ4v) is 17.1. The van der Waals surface area contributed by atoms with Gasteiger partial charge in [0.15, 0.2) is 0 Å². The van der Waals surface area contributed by atoms with E-state index in [1.165, 1.54) is 0 Å². The fraction of sp³-hybridized carbons (Fsp3) is 0.318. The van der Waals surface area contributed by atoms with Crippen LogP contribution in [0.3, 0.4) is 0 Å². The first-order chi connectivity index (χ1) is 49.5. The molecule has 0 atom stereocenters. The minimum Gasteiger partial charge on any atom is -0.456 e. The molecule has 0 saturated carbocycles. The summed E-state index contributed by atoms with van der Waals surface area (Å²) in [5, 5.41) is 8.16. The van der Waals surface area contributed by atoms with Crippen molar-refractivity contribution in [2.45, 2.75) is 154 Å². The van der Waals surface area contributed by atoms with Gasteiger partial charge in [-0.3, -0.25) is 19.9 Å². The summed E-state index contributed by atoms with van der Waals surface area (Å²) in [6.45, 7) is 8.58. The van der Waals surface area contributed by atoms with Crippen LogP contribution in [-0.2, 0) is 0 Å². The van der Waals surface area contributed by atoms with E-state index >= 15 is 0 Å². The largest absolute Gasteiger partial charge is 0.456 e. The molecular formula is C88H84N4O8. The summed E-state index contributed by atoms with van der Waals surface area (Å²) in [7, 11) is 0. The second kappa shape index (κ2) is 27.5. The van der Waals surface area contributed by atoms with Crippen molar-refractivity contribution in [3.05, 3.63) is 215 Å². The highest BCUT2D eigenvalue weighted by molar-refractivity contribution is 6.03. The number of hydrogen-bond acceptors (Lipinski definition) is 12. The third-order valence-corrected chi connectivity index (χ3v) is 21.8. The molecule has 4 aliphatic heterocycles. The molecule has 1 aliphatic carbocycles. The molecule has 0 N–H and O–H groups in total. The van der Waals surface area contributed by atoms with Crippen molar-refractivity contribution in [3.8, 4) is 91.0 Å². The van der Waals surface area contributed by atoms with Crippen LogP contribution in [0.5, 0.6) is 46.0 Å². The van der Waals surface area contributed by atoms with Gasteiger partial charge in [0.25, 0.3) is 0 Å². The molecule has 8 aromatic carbocycles. The maximum Gasteiger partial charge on any atom is 0.230 e. The van der Waals surface area contributed by atoms with Gasteiger partial charge >= 0.3 is 0 Å². The van der Waals surface area contributed by atoms with Crippen molar-refractivity contribution in [3.63, 3.8) is 0 Å². The summed E-state index contributed by atoms with van der Waals surface area (Å²) in [6.07, 6.45) is 22.7. The molecule has 17 rings (SSSR count). The number of fused-ring (bicyclic) bond motifs is 4. The average Bonchev–Trinajstić information content (AvgIpc) is 0.711. The van der Waals surface area contributed by atoms with Crippen LogP contribution in [0.2, 0.25) is 0 Å². The highest BCUT2D eigenvalue weighted by atomic mass is 16.7. The molecule has 0 fully saturated rings. The van der Waals surface area contributed by atoms with E-state index < -0.39 is 0 Å². The van der Waals surface area contributed by atoms with Crippen LogP contribution in [0.4, 0.5) is 0 Å². The lowest BCUT2D eigenvalue weighted by molar-refractivity contribution is 0.101. The zero-order valence-corrected chi connectivity index (χ0v) is 57.7. The molecule has 12 nitrogen and oxygen atoms in total. The first kappa shape index (κ1) is 63.3. The summed E-state index contributed by atoms with van der Waals surface area (Å²) >= 11 is 0. The van der Waals surface area contributed by atoms with E-state index in [4.69, 9.17) is 57.8 Å². The predicted octanol–water partition coefficient (Wildman–Crippen LogP) is 22.6. The summed E-state index contributed by atoms with van der Waals surface area (Å²) in [6, 6.07) is 52.5. The number of unbranched alkanes of at least 4 members (excludes halogenated alkanes) is 8. The van der Waals surface area contributed by atoms with Crippen LogP contribution < -0.4 is 37.9 Å². The Morgan fingerprint density at radius 1 is 0.260 bits per heavy atom. The zero-order chi connectivity index (χ0) is 67.2. The van der Waals surface area contributed by atoms with Crippen LogP contribution in [-0.4, -0.2) is 47.1 Å². The summed E-state index contributed by atoms with van der Waals surface area (Å²) in [5.74, 6) is 4.22. The Labute approximate surface area is 585 Å². The number of benzene rings is 8. The standard InChI is InChI=1S/C88H84N4O8/c1-5-9-13-33-61-65-45-67-62(34-14-10-6-2)69-47-71-64(36-16-12-8-4)72-48-70-63(35-15-11-7-3)68-46-66(61)82-74(78-58-30-22-18-26-54(58)38-42-90-78)84(68)96-51-98-86(70)76(80-60-32-24-20-28-56(60)40-44-92-80)88(72)100-52-99-87(71)75(79-59-31-23-19-27-55(59)39-43-91-79)85(69)97-50-95-83(67)73(81(65)93-49-94-82)77-57-29-21-17-25-53(57)37-41-89-77/h17-32,37-48,61-64H,5-16,33-36,49-52H2,1-4H3. The highest BCUT2D eigenvalue weighted by Crippen LogP contribution is 2.63. The summed E-state index contributed by atoms with van der Waals surface area (Å²) in [4.78, 5) is 21.7. The zero-order valence-electron chi connectivity index (χ0n) is 57.7. The SMILES string of the molecule is CCCCCC1c2cc3c4c(-c5nccc6ccccc56)c2OCOc2c1cc1c(c2-c2nccc5ccccc25)OCOc2c(cc5c(c2-c2nccc6ccccc26)OCOc2c(cc(c(c2-c2nccc6ccccc26)OCO4)C3CCCCC)C5CCCCC)C1CCCCC. The normalized spacial score (nSPS) is 16.9. The van der Waals surface area contributed by atoms with E-state index in [1.54, 1.807) is 0 Å². The topological polar surface area (TPSA) is 125 Å². The fourth-order valence-electron chi connectivity index (χ4n) is 17.1. The van der Waals surface area contributed by atoms with Crippen molar-refractivity contribution in [1.82, 2.24) is 19.9 Å². The number of ether oxygens (including phenoxy) is 8. The third-order valence-electron chi connectivity index (χ3n) is 21.8. The van der Waals surface area contributed by atoms with Crippen LogP contribution in [0.25, 0.3) is 88.1 Å². The molecule has 0 spiro atoms. The lowest BCUT2D eigenvalue weighted by Gasteiger charge is -2.38. The predicted molar refractivity (Wildman–Crippen MR) is 397 cm³/mol. The van der Waals surface area contributed by atoms with Gasteiger partial charge in [-0.2, -0.15) is 0 Å². The van der Waals surface area contributed by atoms with Gasteiger partial charge in [0.1, 0.15) is 46.0 Å². The third kappa shape index (κ3) is 10.9. The van der Waals surface area contributed by atoms with Gasteiger partial charge in [0, 0.05) is 115 Å². The number of nitrogens with zero attached hydrogens (tertiary/aromatic N) is 4. The molecule has 0 unspecified atom stereocenters. The van der Waals surface area contributed by atoms with Crippen LogP contribution in [0.1, 0.15) is 199 Å². The molecule has 0 saturated heterocycles. The lowest BCUT2D eigenvalue weighted by atomic mass is 9.73. The second-order valence-corrected chi connectivity index (χ2v) is 27.7. The maximum atomic E-state index is 7.53. The molecule has 100 heavy (non-hydrogen) atoms. The Balaban J connectivity index is 1.10. The van der Waals surface area contributed by atoms with Crippen molar-refractivity contribution in [2.75, 3.05) is 27.2 Å². The first-order valence-corrected chi connectivity index (χ1v) is 36.7. The molecule has 504 valence electrons. The van der Waals surface area contributed by atoms with Gasteiger partial charge in [0.05, 0.1) is 45.0 Å². The van der Waals surface area contributed by atoms with E-state index in [9.17, 15) is 0 Å². The molecule has 8 heterocycles. The number of aromatic nitrogens is 4. The monoisotopic (exact) mass is 1320 g/mol. The quantitative estimate of drug-likeness (QED) is 0.0675. The first-order valence-electron chi connectivity index (χ1n) is 36.7. The van der Waals surface area contributed by atoms with Gasteiger partial charge in [-0.05, 0) is 95.8 Å². The van der Waals surface area contributed by atoms with Gasteiger partial charge in [-0.15, -0.1) is 0 Å². The second-order valence-electron chi connectivity index (χ2n) is 27.7. The Morgan fingerprint density at radius 3 is 0.660 bits per heavy atom. The summed E-state index contributed by atoms with van der Waals surface area (Å²) < 4.78 is 60.2. The smallest absolute Gasteiger partial charge is 0.230 e. The van der Waals surface area contributed by atoms with Crippen molar-refractivity contribution in [2.24, 2.45) is 0 Å². The molecule has 0 amide bonds. The minimum atomic E-state index is -0.310. The van der Waals surface area contributed by atoms with Crippen molar-refractivity contribution >= 4 is 43.1 Å². The van der Waals surface area contributed by atoms with E-state index in [2.05, 4.69) is 173 Å². The van der Waals surface area contributed by atoms with Crippen molar-refractivity contribution in [1.29, 1.82) is 0 Å². The number of pyridine rings is 4. The Bertz CT molecular complexity index is 4350. The molecule has 0 radical (unpaired) electrons. The van der Waals surface area contributed by atoms with Crippen molar-refractivity contribution < 1.29 is 37.9 Å². The van der Waals surface area contributed by atoms with Crippen LogP contribution in [0.15, 0.2) is 170 Å².